The zero-order valence-corrected chi connectivity index (χ0v) is 4.64. The topological polar surface area (TPSA) is 68.8 Å². The van der Waals surface area contributed by atoms with Crippen LogP contribution in [0.3, 0.4) is 0 Å². The minimum atomic E-state index is -2.17. The molecule has 1 N–H and O–H groups in total. The maximum Gasteiger partial charge on any atom is 0.109 e. The molecule has 0 amide bonds. The largest absolute Gasteiger partial charge is 0.767 e. The molecule has 0 aliphatic carbocycles. The van der Waals surface area contributed by atoms with Gasteiger partial charge in [-0.2, -0.15) is 0 Å². The van der Waals surface area contributed by atoms with Crippen molar-refractivity contribution in [1.29, 1.82) is 0 Å². The maximum atomic E-state index is 9.99. The Morgan fingerprint density at radius 3 is 2.88 bits per heavy atom. The van der Waals surface area contributed by atoms with Gasteiger partial charge < -0.3 is 9.54 Å². The van der Waals surface area contributed by atoms with Gasteiger partial charge in [-0.3, -0.25) is 4.21 Å². The highest BCUT2D eigenvalue weighted by molar-refractivity contribution is 7.79. The van der Waals surface area contributed by atoms with Crippen LogP contribution in [-0.2, 0) is 11.1 Å². The lowest BCUT2D eigenvalue weighted by Gasteiger charge is -1.96. The zero-order chi connectivity index (χ0) is 5.98. The normalized spacial score (nSPS) is 13.6. The van der Waals surface area contributed by atoms with Crippen molar-refractivity contribution in [3.63, 3.8) is 0 Å². The van der Waals surface area contributed by atoms with E-state index in [9.17, 15) is 8.76 Å². The van der Waals surface area contributed by atoms with Crippen LogP contribution in [0.5, 0.6) is 0 Å². The highest BCUT2D eigenvalue weighted by Gasteiger charge is 1.87. The van der Waals surface area contributed by atoms with Gasteiger partial charge in [-0.15, -0.1) is 0 Å². The van der Waals surface area contributed by atoms with E-state index < -0.39 is 11.1 Å². The summed E-state index contributed by atoms with van der Waals surface area (Å²) in [6.45, 7) is 0. The highest BCUT2D eigenvalue weighted by atomic mass is 32.2. The lowest BCUT2D eigenvalue weighted by Crippen LogP contribution is -1.86. The standard InChI is InChI=1S/C3H4N2O2S/c6-8(7)3-1-4-2-5-3/h1-2H,(H,4,5)(H,6,7)/p-1. The van der Waals surface area contributed by atoms with Crippen molar-refractivity contribution in [2.24, 2.45) is 0 Å². The number of aromatic amines is 1. The molecule has 1 rings (SSSR count). The SMILES string of the molecule is O=S([O-])c1cnc[nH]1. The molecule has 0 aliphatic heterocycles. The lowest BCUT2D eigenvalue weighted by molar-refractivity contribution is 0.534. The molecule has 0 spiro atoms. The van der Waals surface area contributed by atoms with E-state index in [2.05, 4.69) is 9.97 Å². The van der Waals surface area contributed by atoms with Crippen molar-refractivity contribution in [3.8, 4) is 0 Å². The first-order chi connectivity index (χ1) is 3.80. The Bertz CT molecular complexity index is 183. The molecule has 1 unspecified atom stereocenters. The molecule has 1 aromatic rings. The van der Waals surface area contributed by atoms with Crippen LogP contribution in [0.25, 0.3) is 0 Å². The molecule has 1 aromatic heterocycles. The molecule has 0 bridgehead atoms. The van der Waals surface area contributed by atoms with Gasteiger partial charge in [0.15, 0.2) is 0 Å². The Balaban J connectivity index is 2.93. The van der Waals surface area contributed by atoms with Crippen LogP contribution in [-0.4, -0.2) is 18.7 Å². The van der Waals surface area contributed by atoms with E-state index in [0.717, 1.165) is 0 Å². The fourth-order valence-electron chi connectivity index (χ4n) is 0.334. The van der Waals surface area contributed by atoms with Crippen molar-refractivity contribution in [1.82, 2.24) is 9.97 Å². The number of nitrogens with zero attached hydrogens (tertiary/aromatic N) is 1. The van der Waals surface area contributed by atoms with E-state index in [1.807, 2.05) is 0 Å². The van der Waals surface area contributed by atoms with E-state index >= 15 is 0 Å². The van der Waals surface area contributed by atoms with Crippen molar-refractivity contribution in [2.45, 2.75) is 5.03 Å². The van der Waals surface area contributed by atoms with Crippen molar-refractivity contribution >= 4 is 11.1 Å². The Morgan fingerprint density at radius 1 is 1.88 bits per heavy atom. The summed E-state index contributed by atoms with van der Waals surface area (Å²) >= 11 is -2.17. The molecule has 1 atom stereocenters. The molecule has 0 saturated carbocycles. The first-order valence-electron chi connectivity index (χ1n) is 1.88. The Morgan fingerprint density at radius 2 is 2.62 bits per heavy atom. The van der Waals surface area contributed by atoms with Crippen LogP contribution in [0.1, 0.15) is 0 Å². The molecule has 0 radical (unpaired) electrons. The van der Waals surface area contributed by atoms with Gasteiger partial charge >= 0.3 is 0 Å². The summed E-state index contributed by atoms with van der Waals surface area (Å²) in [5.74, 6) is 0. The van der Waals surface area contributed by atoms with E-state index in [1.54, 1.807) is 0 Å². The Kier molecular flexibility index (Phi) is 1.40. The van der Waals surface area contributed by atoms with E-state index in [0.29, 0.717) is 0 Å². The van der Waals surface area contributed by atoms with Gasteiger partial charge in [0.25, 0.3) is 0 Å². The van der Waals surface area contributed by atoms with Crippen LogP contribution in [0.2, 0.25) is 0 Å². The molecule has 1 heterocycles. The molecule has 0 fully saturated rings. The summed E-state index contributed by atoms with van der Waals surface area (Å²) in [5, 5.41) is 0.116. The molecule has 0 aliphatic rings. The van der Waals surface area contributed by atoms with Gasteiger partial charge in [0.05, 0.1) is 12.5 Å². The predicted octanol–water partition coefficient (Wildman–Crippen LogP) is -0.352. The average molecular weight is 131 g/mol. The summed E-state index contributed by atoms with van der Waals surface area (Å²) in [6.07, 6.45) is 2.55. The number of rotatable bonds is 1. The number of imidazole rings is 1. The smallest absolute Gasteiger partial charge is 0.109 e. The van der Waals surface area contributed by atoms with Gasteiger partial charge in [0, 0.05) is 0 Å². The first-order valence-corrected chi connectivity index (χ1v) is 2.96. The van der Waals surface area contributed by atoms with Crippen molar-refractivity contribution in [3.05, 3.63) is 12.5 Å². The minimum absolute atomic E-state index is 0.116. The second-order valence-corrected chi connectivity index (χ2v) is 2.06. The van der Waals surface area contributed by atoms with E-state index in [1.165, 1.54) is 12.5 Å². The summed E-state index contributed by atoms with van der Waals surface area (Å²) in [6, 6.07) is 0. The highest BCUT2D eigenvalue weighted by Crippen LogP contribution is 1.93. The number of aromatic nitrogens is 2. The monoisotopic (exact) mass is 131 g/mol. The Hall–Kier alpha value is -0.680. The summed E-state index contributed by atoms with van der Waals surface area (Å²) in [7, 11) is 0. The number of nitrogens with one attached hydrogen (secondary N) is 1. The Labute approximate surface area is 48.2 Å². The molecule has 0 saturated heterocycles. The number of hydrogen-bond acceptors (Lipinski definition) is 3. The fourth-order valence-corrected chi connectivity index (χ4v) is 0.630. The number of hydrogen-bond donors (Lipinski definition) is 1. The third-order valence-corrected chi connectivity index (χ3v) is 1.24. The predicted molar refractivity (Wildman–Crippen MR) is 25.8 cm³/mol. The summed E-state index contributed by atoms with van der Waals surface area (Å²) in [5.41, 5.74) is 0. The van der Waals surface area contributed by atoms with E-state index in [4.69, 9.17) is 0 Å². The molecule has 44 valence electrons. The van der Waals surface area contributed by atoms with Gasteiger partial charge in [0.1, 0.15) is 5.03 Å². The average Bonchev–Trinajstić information content (AvgIpc) is 2.12. The minimum Gasteiger partial charge on any atom is -0.767 e. The fraction of sp³-hybridized carbons (Fsp3) is 0. The second-order valence-electron chi connectivity index (χ2n) is 1.15. The first kappa shape index (κ1) is 5.46. The summed E-state index contributed by atoms with van der Waals surface area (Å²) in [4.78, 5) is 5.91. The molecule has 0 aromatic carbocycles. The third-order valence-electron chi connectivity index (χ3n) is 0.653. The van der Waals surface area contributed by atoms with Crippen LogP contribution in [0.4, 0.5) is 0 Å². The quantitative estimate of drug-likeness (QED) is 0.529. The van der Waals surface area contributed by atoms with Crippen molar-refractivity contribution < 1.29 is 8.76 Å². The zero-order valence-electron chi connectivity index (χ0n) is 3.83. The van der Waals surface area contributed by atoms with Crippen LogP contribution >= 0.6 is 0 Å². The van der Waals surface area contributed by atoms with Crippen LogP contribution in [0.15, 0.2) is 17.6 Å². The molecule has 4 nitrogen and oxygen atoms in total. The molecular formula is C3H3N2O2S-. The van der Waals surface area contributed by atoms with Crippen LogP contribution < -0.4 is 0 Å². The maximum absolute atomic E-state index is 9.99. The lowest BCUT2D eigenvalue weighted by atomic mass is 11.0. The second kappa shape index (κ2) is 2.06. The molecule has 8 heavy (non-hydrogen) atoms. The van der Waals surface area contributed by atoms with Gasteiger partial charge in [0.2, 0.25) is 0 Å². The van der Waals surface area contributed by atoms with Gasteiger partial charge in [-0.05, 0) is 11.1 Å². The molecule has 5 heteroatoms. The van der Waals surface area contributed by atoms with Gasteiger partial charge in [-0.1, -0.05) is 0 Å². The molecular weight excluding hydrogens is 128 g/mol. The van der Waals surface area contributed by atoms with Crippen molar-refractivity contribution in [2.75, 3.05) is 0 Å². The third kappa shape index (κ3) is 0.932. The van der Waals surface area contributed by atoms with E-state index in [-0.39, 0.29) is 5.03 Å². The van der Waals surface area contributed by atoms with Gasteiger partial charge in [-0.25, -0.2) is 4.98 Å². The summed E-state index contributed by atoms with van der Waals surface area (Å²) < 4.78 is 20.0. The number of H-pyrrole nitrogens is 1. The van der Waals surface area contributed by atoms with Crippen LogP contribution in [0, 0.1) is 0 Å².